The molecule has 2 aliphatic heterocycles. The third-order valence-electron chi connectivity index (χ3n) is 5.16. The number of amides is 2. The van der Waals surface area contributed by atoms with Crippen molar-refractivity contribution in [3.63, 3.8) is 0 Å². The maximum absolute atomic E-state index is 14.0. The Kier molecular flexibility index (Phi) is 4.61. The van der Waals surface area contributed by atoms with E-state index in [9.17, 15) is 18.4 Å². The summed E-state index contributed by atoms with van der Waals surface area (Å²) in [6.07, 6.45) is 0.107. The highest BCUT2D eigenvalue weighted by molar-refractivity contribution is 6.22. The van der Waals surface area contributed by atoms with Gasteiger partial charge in [0.15, 0.2) is 0 Å². The molecule has 5 nitrogen and oxygen atoms in total. The van der Waals surface area contributed by atoms with E-state index in [1.54, 1.807) is 18.2 Å². The molecule has 0 aliphatic carbocycles. The maximum Gasteiger partial charge on any atom is 0.251 e. The van der Waals surface area contributed by atoms with E-state index >= 15 is 0 Å². The van der Waals surface area contributed by atoms with Gasteiger partial charge in [0.05, 0.1) is 23.8 Å². The molecule has 2 fully saturated rings. The topological polar surface area (TPSA) is 43.9 Å². The van der Waals surface area contributed by atoms with Crippen LogP contribution in [0, 0.1) is 11.6 Å². The van der Waals surface area contributed by atoms with Gasteiger partial charge in [-0.1, -0.05) is 12.1 Å². The summed E-state index contributed by atoms with van der Waals surface area (Å²) in [6, 6.07) is 11.4. The molecule has 0 N–H and O–H groups in total. The van der Waals surface area contributed by atoms with E-state index in [0.717, 1.165) is 4.90 Å². The molecule has 0 aromatic heterocycles. The number of para-hydroxylation sites is 1. The fourth-order valence-corrected chi connectivity index (χ4v) is 3.75. The number of nitrogens with zero attached hydrogens (tertiary/aromatic N) is 3. The molecule has 0 unspecified atom stereocenters. The second kappa shape index (κ2) is 7.08. The van der Waals surface area contributed by atoms with Crippen LogP contribution in [0.3, 0.4) is 0 Å². The summed E-state index contributed by atoms with van der Waals surface area (Å²) in [5.74, 6) is -1.25. The Morgan fingerprint density at radius 2 is 1.52 bits per heavy atom. The molecule has 0 spiro atoms. The second-order valence-electron chi connectivity index (χ2n) is 6.74. The molecule has 4 rings (SSSR count). The average Bonchev–Trinajstić information content (AvgIpc) is 2.97. The van der Waals surface area contributed by atoms with Crippen LogP contribution in [0.5, 0.6) is 0 Å². The average molecular weight is 371 g/mol. The lowest BCUT2D eigenvalue weighted by molar-refractivity contribution is -0.123. The highest BCUT2D eigenvalue weighted by Crippen LogP contribution is 2.27. The summed E-state index contributed by atoms with van der Waals surface area (Å²) in [7, 11) is 0. The van der Waals surface area contributed by atoms with Gasteiger partial charge in [-0.3, -0.25) is 14.5 Å². The number of halogens is 2. The van der Waals surface area contributed by atoms with Crippen LogP contribution in [0.15, 0.2) is 48.5 Å². The zero-order chi connectivity index (χ0) is 19.0. The minimum absolute atomic E-state index is 0.107. The quantitative estimate of drug-likeness (QED) is 0.778. The van der Waals surface area contributed by atoms with Crippen LogP contribution in [0.1, 0.15) is 6.42 Å². The number of carbonyl (C=O) groups excluding carboxylic acids is 2. The molecule has 27 heavy (non-hydrogen) atoms. The molecule has 0 saturated carbocycles. The van der Waals surface area contributed by atoms with Gasteiger partial charge in [0.1, 0.15) is 11.6 Å². The minimum atomic E-state index is -0.523. The lowest BCUT2D eigenvalue weighted by atomic mass is 10.1. The molecule has 0 bridgehead atoms. The molecule has 2 saturated heterocycles. The van der Waals surface area contributed by atoms with E-state index in [4.69, 9.17) is 0 Å². The zero-order valence-electron chi connectivity index (χ0n) is 14.6. The molecule has 2 aliphatic rings. The Morgan fingerprint density at radius 1 is 0.852 bits per heavy atom. The number of anilines is 2. The molecule has 7 heteroatoms. The number of hydrogen-bond donors (Lipinski definition) is 0. The summed E-state index contributed by atoms with van der Waals surface area (Å²) >= 11 is 0. The smallest absolute Gasteiger partial charge is 0.251 e. The third-order valence-corrected chi connectivity index (χ3v) is 5.16. The molecule has 2 heterocycles. The van der Waals surface area contributed by atoms with Crippen LogP contribution < -0.4 is 9.80 Å². The van der Waals surface area contributed by atoms with E-state index in [1.807, 2.05) is 9.80 Å². The number of imide groups is 1. The van der Waals surface area contributed by atoms with E-state index in [1.165, 1.54) is 30.3 Å². The van der Waals surface area contributed by atoms with Gasteiger partial charge >= 0.3 is 0 Å². The van der Waals surface area contributed by atoms with Crippen LogP contribution in [0.25, 0.3) is 0 Å². The van der Waals surface area contributed by atoms with Crippen LogP contribution in [0.4, 0.5) is 20.2 Å². The summed E-state index contributed by atoms with van der Waals surface area (Å²) < 4.78 is 27.1. The van der Waals surface area contributed by atoms with Gasteiger partial charge in [0.25, 0.3) is 5.91 Å². The molecular weight excluding hydrogens is 352 g/mol. The predicted molar refractivity (Wildman–Crippen MR) is 97.5 cm³/mol. The Balaban J connectivity index is 1.44. The second-order valence-corrected chi connectivity index (χ2v) is 6.74. The highest BCUT2D eigenvalue weighted by atomic mass is 19.1. The van der Waals surface area contributed by atoms with Crippen molar-refractivity contribution in [1.82, 2.24) is 4.90 Å². The lowest BCUT2D eigenvalue weighted by Gasteiger charge is -2.38. The van der Waals surface area contributed by atoms with Crippen molar-refractivity contribution >= 4 is 23.2 Å². The van der Waals surface area contributed by atoms with Crippen molar-refractivity contribution in [2.24, 2.45) is 0 Å². The molecule has 0 radical (unpaired) electrons. The molecular formula is C20H19F2N3O2. The SMILES string of the molecule is O=C1C[C@H](N2CCN(c3ccccc3F)CC2)C(=O)N1c1ccc(F)cc1. The largest absolute Gasteiger partial charge is 0.367 e. The van der Waals surface area contributed by atoms with Gasteiger partial charge < -0.3 is 4.90 Å². The van der Waals surface area contributed by atoms with Gasteiger partial charge in [-0.25, -0.2) is 13.7 Å². The van der Waals surface area contributed by atoms with Crippen LogP contribution in [-0.2, 0) is 9.59 Å². The number of benzene rings is 2. The van der Waals surface area contributed by atoms with E-state index in [-0.39, 0.29) is 24.1 Å². The number of hydrogen-bond acceptors (Lipinski definition) is 4. The van der Waals surface area contributed by atoms with Gasteiger partial charge in [0.2, 0.25) is 5.91 Å². The Bertz CT molecular complexity index is 864. The van der Waals surface area contributed by atoms with Gasteiger partial charge in [-0.15, -0.1) is 0 Å². The minimum Gasteiger partial charge on any atom is -0.367 e. The van der Waals surface area contributed by atoms with Gasteiger partial charge in [-0.2, -0.15) is 0 Å². The lowest BCUT2D eigenvalue weighted by Crippen LogP contribution is -2.52. The van der Waals surface area contributed by atoms with Crippen molar-refractivity contribution < 1.29 is 18.4 Å². The van der Waals surface area contributed by atoms with Crippen molar-refractivity contribution in [2.75, 3.05) is 36.0 Å². The monoisotopic (exact) mass is 371 g/mol. The maximum atomic E-state index is 14.0. The Hall–Kier alpha value is -2.80. The molecule has 2 amide bonds. The molecule has 140 valence electrons. The first-order chi connectivity index (χ1) is 13.0. The van der Waals surface area contributed by atoms with E-state index in [2.05, 4.69) is 0 Å². The normalized spacial score (nSPS) is 21.2. The summed E-state index contributed by atoms with van der Waals surface area (Å²) in [5.41, 5.74) is 0.942. The predicted octanol–water partition coefficient (Wildman–Crippen LogP) is 2.42. The number of piperazine rings is 1. The van der Waals surface area contributed by atoms with E-state index < -0.39 is 11.9 Å². The van der Waals surface area contributed by atoms with Crippen molar-refractivity contribution in [1.29, 1.82) is 0 Å². The van der Waals surface area contributed by atoms with Crippen LogP contribution in [0.2, 0.25) is 0 Å². The third kappa shape index (κ3) is 3.30. The fourth-order valence-electron chi connectivity index (χ4n) is 3.75. The Morgan fingerprint density at radius 3 is 2.19 bits per heavy atom. The van der Waals surface area contributed by atoms with Gasteiger partial charge in [-0.05, 0) is 36.4 Å². The first-order valence-corrected chi connectivity index (χ1v) is 8.90. The summed E-state index contributed by atoms with van der Waals surface area (Å²) in [5, 5.41) is 0. The van der Waals surface area contributed by atoms with Crippen LogP contribution in [-0.4, -0.2) is 48.9 Å². The fraction of sp³-hybridized carbons (Fsp3) is 0.300. The number of rotatable bonds is 3. The first kappa shape index (κ1) is 17.6. The van der Waals surface area contributed by atoms with Gasteiger partial charge in [0, 0.05) is 26.2 Å². The molecule has 2 aromatic rings. The summed E-state index contributed by atoms with van der Waals surface area (Å²) in [6.45, 7) is 2.29. The van der Waals surface area contributed by atoms with E-state index in [0.29, 0.717) is 37.6 Å². The van der Waals surface area contributed by atoms with Crippen molar-refractivity contribution in [3.05, 3.63) is 60.2 Å². The summed E-state index contributed by atoms with van der Waals surface area (Å²) in [4.78, 5) is 30.2. The van der Waals surface area contributed by atoms with Crippen molar-refractivity contribution in [2.45, 2.75) is 12.5 Å². The standard InChI is InChI=1S/C20H19F2N3O2/c21-14-5-7-15(8-6-14)25-19(26)13-18(20(25)27)24-11-9-23(10-12-24)17-4-2-1-3-16(17)22/h1-8,18H,9-13H2/t18-/m0/s1. The zero-order valence-corrected chi connectivity index (χ0v) is 14.6. The highest BCUT2D eigenvalue weighted by Gasteiger charge is 2.43. The van der Waals surface area contributed by atoms with Crippen LogP contribution >= 0.6 is 0 Å². The number of carbonyl (C=O) groups is 2. The molecule has 1 atom stereocenters. The Labute approximate surface area is 155 Å². The van der Waals surface area contributed by atoms with Crippen molar-refractivity contribution in [3.8, 4) is 0 Å². The molecule has 2 aromatic carbocycles. The first-order valence-electron chi connectivity index (χ1n) is 8.90.